The number of carbonyl (C=O) groups is 1. The highest BCUT2D eigenvalue weighted by Crippen LogP contribution is 2.33. The molecule has 0 aromatic heterocycles. The Balaban J connectivity index is 1.11. The zero-order valence-corrected chi connectivity index (χ0v) is 23.8. The molecular formula is C30H42ClN5O2. The zero-order valence-electron chi connectivity index (χ0n) is 23.1. The van der Waals surface area contributed by atoms with Gasteiger partial charge in [-0.05, 0) is 56.1 Å². The molecule has 1 fully saturated rings. The SMILES string of the molecule is CCC1C=C(Cl)C(N2N=CC(C(=O)CCC3=CC(C)C(C4=CCC(N5CCOCC5)CC4)N=C3)C2C)=NC1. The van der Waals surface area contributed by atoms with Crippen LogP contribution in [-0.2, 0) is 9.53 Å². The van der Waals surface area contributed by atoms with Crippen molar-refractivity contribution in [3.8, 4) is 0 Å². The molecule has 5 rings (SSSR count). The lowest BCUT2D eigenvalue weighted by atomic mass is 9.83. The van der Waals surface area contributed by atoms with Gasteiger partial charge in [-0.15, -0.1) is 0 Å². The molecule has 7 nitrogen and oxygen atoms in total. The van der Waals surface area contributed by atoms with Crippen LogP contribution in [0, 0.1) is 17.8 Å². The molecular weight excluding hydrogens is 498 g/mol. The number of halogens is 1. The lowest BCUT2D eigenvalue weighted by Crippen LogP contribution is -2.44. The number of dihydropyridines is 2. The van der Waals surface area contributed by atoms with Crippen molar-refractivity contribution in [3.63, 3.8) is 0 Å². The number of hydrazone groups is 1. The van der Waals surface area contributed by atoms with Gasteiger partial charge in [0.2, 0.25) is 0 Å². The molecule has 5 aliphatic rings. The lowest BCUT2D eigenvalue weighted by Gasteiger charge is -2.37. The van der Waals surface area contributed by atoms with Gasteiger partial charge < -0.3 is 4.74 Å². The predicted octanol–water partition coefficient (Wildman–Crippen LogP) is 5.03. The van der Waals surface area contributed by atoms with Crippen LogP contribution >= 0.6 is 11.6 Å². The molecule has 6 atom stereocenters. The Morgan fingerprint density at radius 2 is 2.03 bits per heavy atom. The molecule has 0 saturated carbocycles. The number of ether oxygens (including phenoxy) is 1. The number of carbonyl (C=O) groups excluding carboxylic acids is 1. The van der Waals surface area contributed by atoms with Crippen molar-refractivity contribution in [1.29, 1.82) is 0 Å². The van der Waals surface area contributed by atoms with Crippen LogP contribution in [0.5, 0.6) is 0 Å². The van der Waals surface area contributed by atoms with Crippen LogP contribution in [0.4, 0.5) is 0 Å². The van der Waals surface area contributed by atoms with Crippen LogP contribution in [0.25, 0.3) is 0 Å². The third kappa shape index (κ3) is 6.05. The molecule has 8 heteroatoms. The summed E-state index contributed by atoms with van der Waals surface area (Å²) in [6, 6.07) is 0.793. The number of amidine groups is 1. The van der Waals surface area contributed by atoms with E-state index in [0.717, 1.165) is 57.7 Å². The number of nitrogens with zero attached hydrogens (tertiary/aromatic N) is 5. The van der Waals surface area contributed by atoms with Gasteiger partial charge in [0.25, 0.3) is 0 Å². The number of hydrogen-bond donors (Lipinski definition) is 0. The second-order valence-corrected chi connectivity index (χ2v) is 11.8. The van der Waals surface area contributed by atoms with Crippen molar-refractivity contribution in [2.45, 2.75) is 77.4 Å². The van der Waals surface area contributed by atoms with E-state index in [1.165, 1.54) is 12.0 Å². The third-order valence-electron chi connectivity index (χ3n) is 8.84. The molecule has 6 unspecified atom stereocenters. The molecule has 0 radical (unpaired) electrons. The number of aliphatic imine (C=N–C) groups is 2. The number of ketones is 1. The first-order chi connectivity index (χ1) is 18.4. The van der Waals surface area contributed by atoms with E-state index in [0.29, 0.717) is 41.6 Å². The van der Waals surface area contributed by atoms with Gasteiger partial charge >= 0.3 is 0 Å². The Morgan fingerprint density at radius 3 is 2.71 bits per heavy atom. The standard InChI is InChI=1S/C30H42ClN5O2/c1-4-22-16-27(31)30(33-17-22)36-21(3)26(19-34-36)28(37)10-5-23-15-20(2)29(32-18-23)24-6-8-25(9-7-24)35-11-13-38-14-12-35/h6,15-16,18-22,25-26,29H,4-5,7-14,17H2,1-3H3. The molecule has 1 saturated heterocycles. The van der Waals surface area contributed by atoms with Crippen LogP contribution in [0.1, 0.15) is 59.3 Å². The van der Waals surface area contributed by atoms with E-state index in [4.69, 9.17) is 21.3 Å². The third-order valence-corrected chi connectivity index (χ3v) is 9.13. The average Bonchev–Trinajstić information content (AvgIpc) is 3.33. The summed E-state index contributed by atoms with van der Waals surface area (Å²) in [7, 11) is 0. The monoisotopic (exact) mass is 539 g/mol. The smallest absolute Gasteiger partial charge is 0.163 e. The summed E-state index contributed by atoms with van der Waals surface area (Å²) >= 11 is 6.51. The van der Waals surface area contributed by atoms with Crippen LogP contribution in [0.3, 0.4) is 0 Å². The second kappa shape index (κ2) is 12.4. The van der Waals surface area contributed by atoms with Gasteiger partial charge in [0, 0.05) is 50.4 Å². The van der Waals surface area contributed by atoms with Gasteiger partial charge in [0.05, 0.1) is 36.2 Å². The molecule has 0 N–H and O–H groups in total. The quantitative estimate of drug-likeness (QED) is 0.425. The lowest BCUT2D eigenvalue weighted by molar-refractivity contribution is -0.121. The highest BCUT2D eigenvalue weighted by atomic mass is 35.5. The molecule has 38 heavy (non-hydrogen) atoms. The molecule has 0 spiro atoms. The Labute approximate surface area is 232 Å². The fourth-order valence-corrected chi connectivity index (χ4v) is 6.67. The van der Waals surface area contributed by atoms with Crippen molar-refractivity contribution < 1.29 is 9.53 Å². The maximum atomic E-state index is 13.2. The van der Waals surface area contributed by atoms with Crippen molar-refractivity contribution >= 4 is 35.6 Å². The summed E-state index contributed by atoms with van der Waals surface area (Å²) in [6.07, 6.45) is 16.3. The number of rotatable bonds is 7. The van der Waals surface area contributed by atoms with Gasteiger partial charge in [0.1, 0.15) is 5.78 Å². The van der Waals surface area contributed by atoms with E-state index >= 15 is 0 Å². The molecule has 1 aliphatic carbocycles. The molecule has 4 aliphatic heterocycles. The first kappa shape index (κ1) is 27.5. The van der Waals surface area contributed by atoms with Crippen molar-refractivity contribution in [2.24, 2.45) is 32.8 Å². The van der Waals surface area contributed by atoms with E-state index in [1.54, 1.807) is 6.21 Å². The molecule has 0 bridgehead atoms. The van der Waals surface area contributed by atoms with Crippen molar-refractivity contribution in [3.05, 3.63) is 34.4 Å². The number of hydrogen-bond acceptors (Lipinski definition) is 7. The highest BCUT2D eigenvalue weighted by molar-refractivity contribution is 6.43. The highest BCUT2D eigenvalue weighted by Gasteiger charge is 2.36. The van der Waals surface area contributed by atoms with E-state index in [2.05, 4.69) is 47.1 Å². The maximum Gasteiger partial charge on any atom is 0.163 e. The average molecular weight is 540 g/mol. The van der Waals surface area contributed by atoms with Gasteiger partial charge in [-0.1, -0.05) is 43.7 Å². The van der Waals surface area contributed by atoms with Gasteiger partial charge in [-0.2, -0.15) is 5.10 Å². The summed E-state index contributed by atoms with van der Waals surface area (Å²) in [5.74, 6) is 1.37. The minimum atomic E-state index is -0.246. The van der Waals surface area contributed by atoms with Crippen LogP contribution in [-0.4, -0.2) is 84.9 Å². The maximum absolute atomic E-state index is 13.2. The van der Waals surface area contributed by atoms with Crippen LogP contribution in [0.2, 0.25) is 0 Å². The molecule has 206 valence electrons. The summed E-state index contributed by atoms with van der Waals surface area (Å²) in [4.78, 5) is 25.4. The van der Waals surface area contributed by atoms with E-state index < -0.39 is 0 Å². The number of allylic oxidation sites excluding steroid dienone is 1. The summed E-state index contributed by atoms with van der Waals surface area (Å²) < 4.78 is 5.52. The number of Topliss-reactive ketones (excluding diaryl/α,β-unsaturated/α-hetero) is 1. The van der Waals surface area contributed by atoms with E-state index in [-0.39, 0.29) is 23.8 Å². The normalized spacial score (nSPS) is 34.1. The minimum Gasteiger partial charge on any atom is -0.379 e. The second-order valence-electron chi connectivity index (χ2n) is 11.4. The van der Waals surface area contributed by atoms with Crippen LogP contribution < -0.4 is 0 Å². The largest absolute Gasteiger partial charge is 0.379 e. The summed E-state index contributed by atoms with van der Waals surface area (Å²) in [6.45, 7) is 11.0. The fraction of sp³-hybridized carbons (Fsp3) is 0.667. The topological polar surface area (TPSA) is 69.9 Å². The Hall–Kier alpha value is -2.09. The molecule has 4 heterocycles. The Bertz CT molecular complexity index is 1070. The van der Waals surface area contributed by atoms with E-state index in [1.807, 2.05) is 18.1 Å². The van der Waals surface area contributed by atoms with Crippen molar-refractivity contribution in [1.82, 2.24) is 9.91 Å². The summed E-state index contributed by atoms with van der Waals surface area (Å²) in [5, 5.41) is 6.98. The van der Waals surface area contributed by atoms with Gasteiger partial charge in [-0.3, -0.25) is 19.7 Å². The summed E-state index contributed by atoms with van der Waals surface area (Å²) in [5.41, 5.74) is 2.64. The van der Waals surface area contributed by atoms with Crippen molar-refractivity contribution in [2.75, 3.05) is 32.8 Å². The number of morpholine rings is 1. The first-order valence-corrected chi connectivity index (χ1v) is 14.8. The van der Waals surface area contributed by atoms with E-state index in [9.17, 15) is 4.79 Å². The fourth-order valence-electron chi connectivity index (χ4n) is 6.35. The Kier molecular flexibility index (Phi) is 8.96. The molecule has 0 aromatic carbocycles. The first-order valence-electron chi connectivity index (χ1n) is 14.5. The van der Waals surface area contributed by atoms with Gasteiger partial charge in [-0.25, -0.2) is 5.01 Å². The molecule has 0 amide bonds. The molecule has 0 aromatic rings. The zero-order chi connectivity index (χ0) is 26.6. The van der Waals surface area contributed by atoms with Crippen LogP contribution in [0.15, 0.2) is 49.5 Å². The predicted molar refractivity (Wildman–Crippen MR) is 155 cm³/mol. The Morgan fingerprint density at radius 1 is 1.21 bits per heavy atom. The van der Waals surface area contributed by atoms with Gasteiger partial charge in [0.15, 0.2) is 5.84 Å². The minimum absolute atomic E-state index is 0.0848.